The number of rotatable bonds is 8. The molecule has 0 aromatic heterocycles. The fourth-order valence-electron chi connectivity index (χ4n) is 2.50. The summed E-state index contributed by atoms with van der Waals surface area (Å²) in [6, 6.07) is 0. The molecule has 1 aliphatic heterocycles. The Labute approximate surface area is 99.7 Å². The van der Waals surface area contributed by atoms with Crippen molar-refractivity contribution in [2.75, 3.05) is 6.61 Å². The van der Waals surface area contributed by atoms with Crippen molar-refractivity contribution in [3.8, 4) is 0 Å². The zero-order valence-corrected chi connectivity index (χ0v) is 10.5. The Kier molecular flexibility index (Phi) is 6.74. The maximum absolute atomic E-state index is 8.68. The van der Waals surface area contributed by atoms with Gasteiger partial charge in [0.05, 0.1) is 12.2 Å². The Morgan fingerprint density at radius 3 is 2.75 bits per heavy atom. The lowest BCUT2D eigenvalue weighted by molar-refractivity contribution is 0.0315. The van der Waals surface area contributed by atoms with Crippen LogP contribution < -0.4 is 0 Å². The van der Waals surface area contributed by atoms with Crippen LogP contribution in [0.15, 0.2) is 12.7 Å². The number of aliphatic hydroxyl groups excluding tert-OH is 1. The molecule has 1 fully saturated rings. The summed E-state index contributed by atoms with van der Waals surface area (Å²) >= 11 is 0. The summed E-state index contributed by atoms with van der Waals surface area (Å²) in [5.41, 5.74) is 0. The SMILES string of the molecule is C=CC[C@H]1C[C@H](C)[C@H](CCCCCCO)O1. The van der Waals surface area contributed by atoms with Crippen LogP contribution in [-0.2, 0) is 4.74 Å². The first kappa shape index (κ1) is 13.7. The summed E-state index contributed by atoms with van der Waals surface area (Å²) < 4.78 is 6.00. The van der Waals surface area contributed by atoms with Crippen LogP contribution in [0.2, 0.25) is 0 Å². The minimum absolute atomic E-state index is 0.331. The molecule has 94 valence electrons. The normalized spacial score (nSPS) is 29.5. The predicted octanol–water partition coefficient (Wildman–Crippen LogP) is 3.30. The van der Waals surface area contributed by atoms with Crippen molar-refractivity contribution >= 4 is 0 Å². The van der Waals surface area contributed by atoms with Gasteiger partial charge >= 0.3 is 0 Å². The summed E-state index contributed by atoms with van der Waals surface area (Å²) in [7, 11) is 0. The molecule has 1 saturated heterocycles. The van der Waals surface area contributed by atoms with Crippen LogP contribution in [0.3, 0.4) is 0 Å². The molecule has 16 heavy (non-hydrogen) atoms. The highest BCUT2D eigenvalue weighted by molar-refractivity contribution is 4.84. The van der Waals surface area contributed by atoms with E-state index in [1.165, 1.54) is 25.7 Å². The molecule has 1 aliphatic rings. The number of hydrogen-bond donors (Lipinski definition) is 1. The molecule has 1 heterocycles. The lowest BCUT2D eigenvalue weighted by Crippen LogP contribution is -2.14. The highest BCUT2D eigenvalue weighted by atomic mass is 16.5. The molecule has 2 nitrogen and oxygen atoms in total. The van der Waals surface area contributed by atoms with Gasteiger partial charge in [-0.05, 0) is 31.6 Å². The maximum Gasteiger partial charge on any atom is 0.0616 e. The number of aliphatic hydroxyl groups is 1. The number of unbranched alkanes of at least 4 members (excludes halogenated alkanes) is 3. The minimum atomic E-state index is 0.331. The average molecular weight is 226 g/mol. The van der Waals surface area contributed by atoms with E-state index in [2.05, 4.69) is 13.5 Å². The van der Waals surface area contributed by atoms with E-state index in [4.69, 9.17) is 9.84 Å². The monoisotopic (exact) mass is 226 g/mol. The molecule has 0 aromatic rings. The Morgan fingerprint density at radius 1 is 1.31 bits per heavy atom. The molecule has 0 radical (unpaired) electrons. The molecule has 0 saturated carbocycles. The number of ether oxygens (including phenoxy) is 1. The second-order valence-corrected chi connectivity index (χ2v) is 4.96. The van der Waals surface area contributed by atoms with Gasteiger partial charge in [-0.15, -0.1) is 6.58 Å². The van der Waals surface area contributed by atoms with Gasteiger partial charge in [-0.1, -0.05) is 32.3 Å². The van der Waals surface area contributed by atoms with Gasteiger partial charge in [0.15, 0.2) is 0 Å². The molecule has 0 unspecified atom stereocenters. The zero-order valence-electron chi connectivity index (χ0n) is 10.5. The molecule has 0 spiro atoms. The van der Waals surface area contributed by atoms with Crippen molar-refractivity contribution in [2.45, 2.75) is 64.1 Å². The van der Waals surface area contributed by atoms with E-state index >= 15 is 0 Å². The molecule has 1 rings (SSSR count). The molecule has 2 heteroatoms. The summed E-state index contributed by atoms with van der Waals surface area (Å²) in [4.78, 5) is 0. The first-order valence-electron chi connectivity index (χ1n) is 6.65. The van der Waals surface area contributed by atoms with Crippen LogP contribution in [-0.4, -0.2) is 23.9 Å². The molecule has 3 atom stereocenters. The Morgan fingerprint density at radius 2 is 2.06 bits per heavy atom. The second-order valence-electron chi connectivity index (χ2n) is 4.96. The first-order chi connectivity index (χ1) is 7.77. The van der Waals surface area contributed by atoms with Crippen LogP contribution in [0.1, 0.15) is 51.9 Å². The Bertz CT molecular complexity index is 191. The predicted molar refractivity (Wildman–Crippen MR) is 67.4 cm³/mol. The fraction of sp³-hybridized carbons (Fsp3) is 0.857. The molecular weight excluding hydrogens is 200 g/mol. The van der Waals surface area contributed by atoms with Gasteiger partial charge in [0.2, 0.25) is 0 Å². The van der Waals surface area contributed by atoms with Crippen LogP contribution in [0.4, 0.5) is 0 Å². The van der Waals surface area contributed by atoms with E-state index < -0.39 is 0 Å². The van der Waals surface area contributed by atoms with E-state index in [1.54, 1.807) is 0 Å². The van der Waals surface area contributed by atoms with Gasteiger partial charge in [-0.3, -0.25) is 0 Å². The highest BCUT2D eigenvalue weighted by Gasteiger charge is 2.30. The van der Waals surface area contributed by atoms with Crippen molar-refractivity contribution < 1.29 is 9.84 Å². The lowest BCUT2D eigenvalue weighted by atomic mass is 9.96. The van der Waals surface area contributed by atoms with Gasteiger partial charge in [-0.25, -0.2) is 0 Å². The van der Waals surface area contributed by atoms with Crippen LogP contribution >= 0.6 is 0 Å². The third kappa shape index (κ3) is 4.67. The third-order valence-electron chi connectivity index (χ3n) is 3.46. The summed E-state index contributed by atoms with van der Waals surface area (Å²) in [5.74, 6) is 0.697. The van der Waals surface area contributed by atoms with Gasteiger partial charge < -0.3 is 9.84 Å². The lowest BCUT2D eigenvalue weighted by Gasteiger charge is -2.14. The van der Waals surface area contributed by atoms with Crippen LogP contribution in [0.5, 0.6) is 0 Å². The van der Waals surface area contributed by atoms with E-state index in [0.29, 0.717) is 24.7 Å². The van der Waals surface area contributed by atoms with Crippen molar-refractivity contribution in [1.82, 2.24) is 0 Å². The highest BCUT2D eigenvalue weighted by Crippen LogP contribution is 2.31. The van der Waals surface area contributed by atoms with Gasteiger partial charge in [0.25, 0.3) is 0 Å². The molecule has 0 amide bonds. The molecule has 1 N–H and O–H groups in total. The summed E-state index contributed by atoms with van der Waals surface area (Å²) in [6.45, 7) is 6.39. The van der Waals surface area contributed by atoms with Crippen LogP contribution in [0.25, 0.3) is 0 Å². The van der Waals surface area contributed by atoms with Crippen molar-refractivity contribution in [3.05, 3.63) is 12.7 Å². The van der Waals surface area contributed by atoms with Gasteiger partial charge in [0.1, 0.15) is 0 Å². The van der Waals surface area contributed by atoms with Crippen molar-refractivity contribution in [2.24, 2.45) is 5.92 Å². The third-order valence-corrected chi connectivity index (χ3v) is 3.46. The van der Waals surface area contributed by atoms with Crippen molar-refractivity contribution in [1.29, 1.82) is 0 Å². The van der Waals surface area contributed by atoms with E-state index in [9.17, 15) is 0 Å². The average Bonchev–Trinajstić information content (AvgIpc) is 2.60. The standard InChI is InChI=1S/C14H26O2/c1-3-8-13-11-12(2)14(16-13)9-6-4-5-7-10-15/h3,12-15H,1,4-11H2,2H3/t12-,13-,14-/m0/s1. The smallest absolute Gasteiger partial charge is 0.0616 e. The fourth-order valence-corrected chi connectivity index (χ4v) is 2.50. The first-order valence-corrected chi connectivity index (χ1v) is 6.65. The molecular formula is C14H26O2. The summed E-state index contributed by atoms with van der Waals surface area (Å²) in [5, 5.41) is 8.68. The molecule has 0 aromatic carbocycles. The van der Waals surface area contributed by atoms with Gasteiger partial charge in [-0.2, -0.15) is 0 Å². The van der Waals surface area contributed by atoms with E-state index in [-0.39, 0.29) is 0 Å². The quantitative estimate of drug-likeness (QED) is 0.508. The topological polar surface area (TPSA) is 29.5 Å². The Hall–Kier alpha value is -0.340. The molecule has 0 bridgehead atoms. The van der Waals surface area contributed by atoms with E-state index in [1.807, 2.05) is 6.08 Å². The van der Waals surface area contributed by atoms with Crippen molar-refractivity contribution in [3.63, 3.8) is 0 Å². The second kappa shape index (κ2) is 7.86. The maximum atomic E-state index is 8.68. The number of hydrogen-bond acceptors (Lipinski definition) is 2. The summed E-state index contributed by atoms with van der Waals surface area (Å²) in [6.07, 6.45) is 10.7. The zero-order chi connectivity index (χ0) is 11.8. The van der Waals surface area contributed by atoms with Crippen LogP contribution in [0, 0.1) is 5.92 Å². The molecule has 0 aliphatic carbocycles. The van der Waals surface area contributed by atoms with Gasteiger partial charge in [0, 0.05) is 6.61 Å². The Balaban J connectivity index is 2.10. The largest absolute Gasteiger partial charge is 0.396 e. The minimum Gasteiger partial charge on any atom is -0.396 e. The van der Waals surface area contributed by atoms with E-state index in [0.717, 1.165) is 19.3 Å².